The molecule has 0 saturated carbocycles. The molecule has 0 aromatic rings. The summed E-state index contributed by atoms with van der Waals surface area (Å²) in [5.41, 5.74) is 0. The summed E-state index contributed by atoms with van der Waals surface area (Å²) in [4.78, 5) is 73.0. The molecule has 19 heteroatoms. The van der Waals surface area contributed by atoms with E-state index >= 15 is 0 Å². The fraction of sp³-hybridized carbons (Fsp3) is 0.924. The highest BCUT2D eigenvalue weighted by molar-refractivity contribution is 7.47. The molecule has 0 aliphatic rings. The van der Waals surface area contributed by atoms with Crippen LogP contribution < -0.4 is 0 Å². The number of carbonyl (C=O) groups is 4. The van der Waals surface area contributed by atoms with Gasteiger partial charge in [-0.3, -0.25) is 37.3 Å². The topological polar surface area (TPSA) is 237 Å². The molecule has 0 radical (unpaired) electrons. The number of ether oxygens (including phenoxy) is 4. The highest BCUT2D eigenvalue weighted by Gasteiger charge is 2.30. The molecule has 0 aliphatic heterocycles. The van der Waals surface area contributed by atoms with Crippen LogP contribution in [0.3, 0.4) is 0 Å². The van der Waals surface area contributed by atoms with E-state index in [-0.39, 0.29) is 25.7 Å². The van der Waals surface area contributed by atoms with Crippen LogP contribution in [0.4, 0.5) is 0 Å². The van der Waals surface area contributed by atoms with E-state index in [1.165, 1.54) is 231 Å². The van der Waals surface area contributed by atoms with Crippen molar-refractivity contribution in [3.05, 3.63) is 12.2 Å². The van der Waals surface area contributed by atoms with Crippen molar-refractivity contribution in [3.8, 4) is 0 Å². The number of phosphoric ester groups is 2. The first-order valence-corrected chi connectivity index (χ1v) is 43.9. The summed E-state index contributed by atoms with van der Waals surface area (Å²) in [5.74, 6) is -2.12. The molecular weight excluding hydrogens is 1280 g/mol. The Morgan fingerprint density at radius 3 is 0.704 bits per heavy atom. The lowest BCUT2D eigenvalue weighted by Crippen LogP contribution is -2.30. The lowest BCUT2D eigenvalue weighted by atomic mass is 10.0. The number of rotatable bonds is 79. The fourth-order valence-corrected chi connectivity index (χ4v) is 13.6. The van der Waals surface area contributed by atoms with Crippen molar-refractivity contribution < 1.29 is 80.2 Å². The average Bonchev–Trinajstić information content (AvgIpc) is 1.02. The maximum Gasteiger partial charge on any atom is 0.472 e. The van der Waals surface area contributed by atoms with Gasteiger partial charge in [-0.25, -0.2) is 9.13 Å². The Balaban J connectivity index is 5.27. The Morgan fingerprint density at radius 1 is 0.276 bits per heavy atom. The van der Waals surface area contributed by atoms with Crippen LogP contribution in [0.1, 0.15) is 413 Å². The van der Waals surface area contributed by atoms with Crippen molar-refractivity contribution >= 4 is 39.5 Å². The number of aliphatic hydroxyl groups excluding tert-OH is 1. The lowest BCUT2D eigenvalue weighted by molar-refractivity contribution is -0.161. The molecule has 0 amide bonds. The van der Waals surface area contributed by atoms with Crippen LogP contribution >= 0.6 is 15.6 Å². The second-order valence-corrected chi connectivity index (χ2v) is 31.0. The third-order valence-electron chi connectivity index (χ3n) is 18.3. The maximum absolute atomic E-state index is 13.1. The number of esters is 4. The van der Waals surface area contributed by atoms with Crippen molar-refractivity contribution in [3.63, 3.8) is 0 Å². The van der Waals surface area contributed by atoms with Crippen LogP contribution in [-0.4, -0.2) is 96.7 Å². The highest BCUT2D eigenvalue weighted by atomic mass is 31.2. The first kappa shape index (κ1) is 95.8. The Morgan fingerprint density at radius 2 is 0.469 bits per heavy atom. The summed E-state index contributed by atoms with van der Waals surface area (Å²) in [6.45, 7) is 4.99. The quantitative estimate of drug-likeness (QED) is 0.0169. The Bertz CT molecular complexity index is 1910. The number of aliphatic hydroxyl groups is 1. The summed E-state index contributed by atoms with van der Waals surface area (Å²) < 4.78 is 68.6. The number of hydrogen-bond acceptors (Lipinski definition) is 15. The Labute approximate surface area is 600 Å². The number of carbonyl (C=O) groups excluding carboxylic acids is 4. The molecule has 0 fully saturated rings. The van der Waals surface area contributed by atoms with Gasteiger partial charge in [-0.2, -0.15) is 0 Å². The van der Waals surface area contributed by atoms with Gasteiger partial charge in [-0.15, -0.1) is 0 Å². The van der Waals surface area contributed by atoms with Gasteiger partial charge in [-0.1, -0.05) is 348 Å². The normalized spacial score (nSPS) is 13.9. The van der Waals surface area contributed by atoms with Gasteiger partial charge in [0.2, 0.25) is 0 Å². The number of hydrogen-bond donors (Lipinski definition) is 3. The second-order valence-electron chi connectivity index (χ2n) is 28.1. The largest absolute Gasteiger partial charge is 0.472 e. The summed E-state index contributed by atoms with van der Waals surface area (Å²) in [6, 6.07) is 0. The zero-order valence-corrected chi connectivity index (χ0v) is 65.3. The van der Waals surface area contributed by atoms with E-state index in [1.807, 2.05) is 0 Å². The first-order valence-electron chi connectivity index (χ1n) is 40.9. The zero-order chi connectivity index (χ0) is 71.8. The standard InChI is InChI=1S/C79H152O17P2/c1-5-9-13-17-21-25-29-33-35-36-38-41-44-48-52-56-60-64-77(82)90-70-75(96-79(84)66-62-58-54-50-46-42-37-34-30-26-22-18-14-10-6-2)72-94-98(87,88)92-68-73(80)67-91-97(85,86)93-71-74(95-78(83)65-61-57-53-49-45-40-32-28-24-20-16-12-8-4)69-89-76(81)63-59-55-51-47-43-39-31-27-23-19-15-11-7-3/h34,37,73-75,80H,5-33,35-36,38-72H2,1-4H3,(H,85,86)(H,87,88)/b37-34-/t73-,74+,75+/m0/s1. The average molecular weight is 1440 g/mol. The van der Waals surface area contributed by atoms with E-state index in [0.29, 0.717) is 25.7 Å². The minimum absolute atomic E-state index is 0.0954. The molecule has 0 bridgehead atoms. The van der Waals surface area contributed by atoms with E-state index in [9.17, 15) is 43.2 Å². The van der Waals surface area contributed by atoms with Crippen molar-refractivity contribution in [2.45, 2.75) is 431 Å². The molecule has 0 aromatic carbocycles. The van der Waals surface area contributed by atoms with E-state index in [1.54, 1.807) is 0 Å². The van der Waals surface area contributed by atoms with Crippen LogP contribution in [0.25, 0.3) is 0 Å². The van der Waals surface area contributed by atoms with Crippen molar-refractivity contribution in [2.75, 3.05) is 39.6 Å². The first-order chi connectivity index (χ1) is 47.7. The minimum atomic E-state index is -4.96. The van der Waals surface area contributed by atoms with Gasteiger partial charge in [0.25, 0.3) is 0 Å². The van der Waals surface area contributed by atoms with Gasteiger partial charge in [-0.05, 0) is 51.4 Å². The predicted molar refractivity (Wildman–Crippen MR) is 400 cm³/mol. The molecule has 2 unspecified atom stereocenters. The van der Waals surface area contributed by atoms with Crippen LogP contribution in [-0.2, 0) is 65.4 Å². The number of phosphoric acid groups is 2. The molecule has 0 heterocycles. The molecule has 0 aliphatic carbocycles. The summed E-state index contributed by atoms with van der Waals surface area (Å²) in [7, 11) is -9.92. The molecule has 98 heavy (non-hydrogen) atoms. The summed E-state index contributed by atoms with van der Waals surface area (Å²) >= 11 is 0. The van der Waals surface area contributed by atoms with Gasteiger partial charge in [0.1, 0.15) is 19.3 Å². The predicted octanol–water partition coefficient (Wildman–Crippen LogP) is 23.6. The van der Waals surface area contributed by atoms with Gasteiger partial charge >= 0.3 is 39.5 Å². The van der Waals surface area contributed by atoms with Crippen LogP contribution in [0, 0.1) is 0 Å². The van der Waals surface area contributed by atoms with E-state index in [2.05, 4.69) is 39.8 Å². The van der Waals surface area contributed by atoms with Gasteiger partial charge in [0.05, 0.1) is 26.4 Å². The van der Waals surface area contributed by atoms with Crippen molar-refractivity contribution in [1.29, 1.82) is 0 Å². The lowest BCUT2D eigenvalue weighted by Gasteiger charge is -2.21. The molecule has 0 spiro atoms. The smallest absolute Gasteiger partial charge is 0.462 e. The molecule has 17 nitrogen and oxygen atoms in total. The summed E-state index contributed by atoms with van der Waals surface area (Å²) in [6.07, 6.45) is 66.1. The zero-order valence-electron chi connectivity index (χ0n) is 63.5. The van der Waals surface area contributed by atoms with E-state index in [4.69, 9.17) is 37.0 Å². The Hall–Kier alpha value is -2.20. The van der Waals surface area contributed by atoms with Crippen molar-refractivity contribution in [2.24, 2.45) is 0 Å². The number of allylic oxidation sites excluding steroid dienone is 2. The highest BCUT2D eigenvalue weighted by Crippen LogP contribution is 2.45. The minimum Gasteiger partial charge on any atom is -0.462 e. The molecule has 5 atom stereocenters. The van der Waals surface area contributed by atoms with Gasteiger partial charge < -0.3 is 33.8 Å². The van der Waals surface area contributed by atoms with E-state index < -0.39 is 97.5 Å². The van der Waals surface area contributed by atoms with Crippen LogP contribution in [0.2, 0.25) is 0 Å². The van der Waals surface area contributed by atoms with Gasteiger partial charge in [0.15, 0.2) is 12.2 Å². The van der Waals surface area contributed by atoms with Crippen LogP contribution in [0.5, 0.6) is 0 Å². The molecule has 0 rings (SSSR count). The molecule has 580 valence electrons. The summed E-state index contributed by atoms with van der Waals surface area (Å²) in [5, 5.41) is 10.6. The Kier molecular flexibility index (Phi) is 71.5. The molecule has 0 saturated heterocycles. The SMILES string of the molecule is CCCCCCCC/C=C\CCCCCCCC(=O)O[C@H](COC(=O)CCCCCCCCCCCCCCCCCCC)COP(=O)(O)OC[C@@H](O)COP(=O)(O)OC[C@@H](COC(=O)CCCCCCCCCCCCCCC)OC(=O)CCCCCCCCCCCCCCC. The third-order valence-corrected chi connectivity index (χ3v) is 20.2. The van der Waals surface area contributed by atoms with Crippen molar-refractivity contribution in [1.82, 2.24) is 0 Å². The fourth-order valence-electron chi connectivity index (χ4n) is 12.0. The van der Waals surface area contributed by atoms with Crippen LogP contribution in [0.15, 0.2) is 12.2 Å². The molecule has 3 N–H and O–H groups in total. The second kappa shape index (κ2) is 73.1. The van der Waals surface area contributed by atoms with E-state index in [0.717, 1.165) is 103 Å². The number of unbranched alkanes of at least 4 members (excludes halogenated alkanes) is 51. The maximum atomic E-state index is 13.1. The van der Waals surface area contributed by atoms with Gasteiger partial charge in [0, 0.05) is 25.7 Å². The monoisotopic (exact) mass is 1440 g/mol. The molecular formula is C79H152O17P2. The molecule has 0 aromatic heterocycles. The third kappa shape index (κ3) is 72.2.